The SMILES string of the molecule is CN(C)c1ccc([P+](c2ccc(N(C)C)cc2)(c2ccc(N(C)C)cc2)c2ccc(N(C)C)cc2)cc1. The molecule has 0 aliphatic carbocycles. The van der Waals surface area contributed by atoms with Crippen molar-refractivity contribution in [3.8, 4) is 0 Å². The van der Waals surface area contributed by atoms with Crippen LogP contribution in [0.3, 0.4) is 0 Å². The molecule has 0 heterocycles. The third kappa shape index (κ3) is 5.17. The Morgan fingerprint density at radius 2 is 0.459 bits per heavy atom. The van der Waals surface area contributed by atoms with E-state index in [-0.39, 0.29) is 0 Å². The molecule has 0 bridgehead atoms. The summed E-state index contributed by atoms with van der Waals surface area (Å²) in [6, 6.07) is 36.7. The minimum absolute atomic E-state index is 1.20. The van der Waals surface area contributed by atoms with E-state index in [1.807, 2.05) is 0 Å². The van der Waals surface area contributed by atoms with Crippen LogP contribution in [0.2, 0.25) is 0 Å². The molecule has 192 valence electrons. The molecule has 0 radical (unpaired) electrons. The Labute approximate surface area is 224 Å². The van der Waals surface area contributed by atoms with Crippen LogP contribution in [0, 0.1) is 0 Å². The van der Waals surface area contributed by atoms with Crippen LogP contribution in [0.15, 0.2) is 97.1 Å². The fourth-order valence-electron chi connectivity index (χ4n) is 4.79. The van der Waals surface area contributed by atoms with Crippen molar-refractivity contribution in [2.24, 2.45) is 0 Å². The van der Waals surface area contributed by atoms with E-state index in [2.05, 4.69) is 173 Å². The van der Waals surface area contributed by atoms with Gasteiger partial charge < -0.3 is 19.6 Å². The molecule has 0 amide bonds. The quantitative estimate of drug-likeness (QED) is 0.321. The van der Waals surface area contributed by atoms with Crippen LogP contribution in [-0.4, -0.2) is 56.4 Å². The highest BCUT2D eigenvalue weighted by Gasteiger charge is 2.48. The molecule has 4 rings (SSSR count). The van der Waals surface area contributed by atoms with Crippen molar-refractivity contribution >= 4 is 51.2 Å². The van der Waals surface area contributed by atoms with Gasteiger partial charge in [0.2, 0.25) is 0 Å². The van der Waals surface area contributed by atoms with Crippen LogP contribution < -0.4 is 40.8 Å². The molecule has 0 atom stereocenters. The summed E-state index contributed by atoms with van der Waals surface area (Å²) in [5.74, 6) is 0. The largest absolute Gasteiger partial charge is 0.378 e. The Bertz CT molecular complexity index is 1080. The van der Waals surface area contributed by atoms with Crippen molar-refractivity contribution in [2.45, 2.75) is 0 Å². The van der Waals surface area contributed by atoms with Crippen LogP contribution in [0.5, 0.6) is 0 Å². The molecule has 4 aromatic carbocycles. The molecule has 4 aromatic rings. The predicted molar refractivity (Wildman–Crippen MR) is 169 cm³/mol. The molecule has 4 nitrogen and oxygen atoms in total. The van der Waals surface area contributed by atoms with Gasteiger partial charge in [0.15, 0.2) is 0 Å². The van der Waals surface area contributed by atoms with Gasteiger partial charge in [0.05, 0.1) is 0 Å². The highest BCUT2D eigenvalue weighted by Crippen LogP contribution is 2.54. The van der Waals surface area contributed by atoms with Gasteiger partial charge in [-0.15, -0.1) is 0 Å². The molecule has 0 saturated carbocycles. The summed E-state index contributed by atoms with van der Waals surface area (Å²) in [6.07, 6.45) is 0. The molecule has 0 fully saturated rings. The summed E-state index contributed by atoms with van der Waals surface area (Å²) < 4.78 is 0. The topological polar surface area (TPSA) is 13.0 Å². The van der Waals surface area contributed by atoms with Crippen LogP contribution in [-0.2, 0) is 0 Å². The minimum atomic E-state index is -2.18. The Balaban J connectivity index is 2.05. The second kappa shape index (κ2) is 10.9. The van der Waals surface area contributed by atoms with Gasteiger partial charge in [-0.25, -0.2) is 0 Å². The second-order valence-corrected chi connectivity index (χ2v) is 13.7. The van der Waals surface area contributed by atoms with Gasteiger partial charge in [0.1, 0.15) is 28.5 Å². The number of nitrogens with zero attached hydrogens (tertiary/aromatic N) is 4. The fourth-order valence-corrected chi connectivity index (χ4v) is 8.97. The maximum Gasteiger partial charge on any atom is 0.144 e. The molecule has 0 N–H and O–H groups in total. The lowest BCUT2D eigenvalue weighted by Gasteiger charge is -2.29. The van der Waals surface area contributed by atoms with Gasteiger partial charge in [0, 0.05) is 79.1 Å². The molecule has 0 aliphatic heterocycles. The van der Waals surface area contributed by atoms with Crippen molar-refractivity contribution in [2.75, 3.05) is 76.0 Å². The van der Waals surface area contributed by atoms with E-state index in [1.165, 1.54) is 44.0 Å². The third-order valence-electron chi connectivity index (χ3n) is 7.01. The number of anilines is 4. The number of benzene rings is 4. The molecule has 0 spiro atoms. The van der Waals surface area contributed by atoms with Gasteiger partial charge in [-0.1, -0.05) is 0 Å². The number of hydrogen-bond donors (Lipinski definition) is 0. The smallest absolute Gasteiger partial charge is 0.144 e. The maximum absolute atomic E-state index is 2.34. The van der Waals surface area contributed by atoms with Crippen LogP contribution in [0.1, 0.15) is 0 Å². The summed E-state index contributed by atoms with van der Waals surface area (Å²) >= 11 is 0. The van der Waals surface area contributed by atoms with Crippen molar-refractivity contribution in [3.05, 3.63) is 97.1 Å². The van der Waals surface area contributed by atoms with Crippen LogP contribution >= 0.6 is 7.26 Å². The first-order chi connectivity index (χ1) is 17.6. The van der Waals surface area contributed by atoms with Gasteiger partial charge in [0.25, 0.3) is 0 Å². The Morgan fingerprint density at radius 1 is 0.297 bits per heavy atom. The lowest BCUT2D eigenvalue weighted by Crippen LogP contribution is -2.39. The molecule has 0 saturated heterocycles. The molecular formula is C32H40N4P+. The van der Waals surface area contributed by atoms with Crippen molar-refractivity contribution < 1.29 is 0 Å². The summed E-state index contributed by atoms with van der Waals surface area (Å²) in [7, 11) is 14.6. The first kappa shape index (κ1) is 26.6. The summed E-state index contributed by atoms with van der Waals surface area (Å²) in [5.41, 5.74) is 4.82. The normalized spacial score (nSPS) is 11.2. The van der Waals surface area contributed by atoms with E-state index in [0.717, 1.165) is 0 Å². The predicted octanol–water partition coefficient (Wildman–Crippen LogP) is 4.57. The first-order valence-electron chi connectivity index (χ1n) is 12.7. The fraction of sp³-hybridized carbons (Fsp3) is 0.250. The average Bonchev–Trinajstić information content (AvgIpc) is 2.90. The minimum Gasteiger partial charge on any atom is -0.378 e. The van der Waals surface area contributed by atoms with E-state index in [9.17, 15) is 0 Å². The molecular weight excluding hydrogens is 471 g/mol. The Morgan fingerprint density at radius 3 is 0.595 bits per heavy atom. The van der Waals surface area contributed by atoms with Crippen LogP contribution in [0.25, 0.3) is 0 Å². The maximum atomic E-state index is 2.34. The lowest BCUT2D eigenvalue weighted by molar-refractivity contribution is 1.13. The van der Waals surface area contributed by atoms with E-state index < -0.39 is 7.26 Å². The zero-order chi connectivity index (χ0) is 26.7. The zero-order valence-electron chi connectivity index (χ0n) is 23.5. The molecule has 5 heteroatoms. The lowest BCUT2D eigenvalue weighted by atomic mass is 10.3. The van der Waals surface area contributed by atoms with Crippen molar-refractivity contribution in [1.82, 2.24) is 0 Å². The highest BCUT2D eigenvalue weighted by molar-refractivity contribution is 8.01. The zero-order valence-corrected chi connectivity index (χ0v) is 24.4. The van der Waals surface area contributed by atoms with Gasteiger partial charge >= 0.3 is 0 Å². The van der Waals surface area contributed by atoms with Crippen molar-refractivity contribution in [3.63, 3.8) is 0 Å². The molecule has 37 heavy (non-hydrogen) atoms. The molecule has 0 aromatic heterocycles. The third-order valence-corrected chi connectivity index (χ3v) is 11.3. The van der Waals surface area contributed by atoms with Crippen molar-refractivity contribution in [1.29, 1.82) is 0 Å². The first-order valence-corrected chi connectivity index (χ1v) is 14.4. The summed E-state index contributed by atoms with van der Waals surface area (Å²) in [6.45, 7) is 0. The summed E-state index contributed by atoms with van der Waals surface area (Å²) in [5, 5.41) is 5.41. The van der Waals surface area contributed by atoms with Crippen LogP contribution in [0.4, 0.5) is 22.7 Å². The van der Waals surface area contributed by atoms with E-state index in [1.54, 1.807) is 0 Å². The second-order valence-electron chi connectivity index (χ2n) is 10.3. The molecule has 0 aliphatic rings. The average molecular weight is 512 g/mol. The van der Waals surface area contributed by atoms with Gasteiger partial charge in [-0.3, -0.25) is 0 Å². The van der Waals surface area contributed by atoms with Gasteiger partial charge in [-0.2, -0.15) is 0 Å². The number of hydrogen-bond acceptors (Lipinski definition) is 4. The number of rotatable bonds is 8. The highest BCUT2D eigenvalue weighted by atomic mass is 31.2. The standard InChI is InChI=1S/C32H40N4P/c1-33(2)25-9-17-29(18-10-25)37(30-19-11-26(12-20-30)34(3)4,31-21-13-27(14-22-31)35(5)6)32-23-15-28(16-24-32)36(7)8/h9-24H,1-8H3/q+1. The summed E-state index contributed by atoms with van der Waals surface area (Å²) in [4.78, 5) is 8.64. The van der Waals surface area contributed by atoms with E-state index >= 15 is 0 Å². The van der Waals surface area contributed by atoms with E-state index in [0.29, 0.717) is 0 Å². The van der Waals surface area contributed by atoms with Gasteiger partial charge in [-0.05, 0) is 97.1 Å². The van der Waals surface area contributed by atoms with E-state index in [4.69, 9.17) is 0 Å². The Kier molecular flexibility index (Phi) is 7.80. The Hall–Kier alpha value is -3.49. The molecule has 0 unspecified atom stereocenters. The monoisotopic (exact) mass is 511 g/mol.